The van der Waals surface area contributed by atoms with Crippen LogP contribution in [0.3, 0.4) is 0 Å². The Kier molecular flexibility index (Phi) is 4.49. The van der Waals surface area contributed by atoms with E-state index in [2.05, 4.69) is 15.9 Å². The molecule has 1 aromatic carbocycles. The molecule has 0 amide bonds. The van der Waals surface area contributed by atoms with Crippen molar-refractivity contribution in [1.82, 2.24) is 3.89 Å². The van der Waals surface area contributed by atoms with Crippen LogP contribution in [0.25, 0.3) is 0 Å². The van der Waals surface area contributed by atoms with Crippen LogP contribution in [-0.4, -0.2) is 27.3 Å². The topological polar surface area (TPSA) is 60.2 Å². The van der Waals surface area contributed by atoms with E-state index < -0.39 is 10.0 Å². The number of nitrogens with two attached hydrogens (primary N) is 1. The van der Waals surface area contributed by atoms with Gasteiger partial charge >= 0.3 is 10.0 Å². The van der Waals surface area contributed by atoms with E-state index in [4.69, 9.17) is 5.73 Å². The highest BCUT2D eigenvalue weighted by atomic mass is 79.9. The highest BCUT2D eigenvalue weighted by Gasteiger charge is 2.42. The lowest BCUT2D eigenvalue weighted by Crippen LogP contribution is -2.51. The second-order valence-electron chi connectivity index (χ2n) is 4.64. The second-order valence-corrected chi connectivity index (χ2v) is 7.94. The van der Waals surface area contributed by atoms with Gasteiger partial charge in [-0.1, -0.05) is 22.0 Å². The van der Waals surface area contributed by atoms with Crippen LogP contribution in [0, 0.1) is 0 Å². The normalized spacial score (nSPS) is 22.6. The first-order valence-electron chi connectivity index (χ1n) is 6.40. The minimum atomic E-state index is -3.35. The molecule has 20 heavy (non-hydrogen) atoms. The van der Waals surface area contributed by atoms with E-state index in [1.165, 1.54) is 0 Å². The Morgan fingerprint density at radius 1 is 1.30 bits per heavy atom. The smallest absolute Gasteiger partial charge is 0.306 e. The van der Waals surface area contributed by atoms with Gasteiger partial charge in [-0.15, -0.1) is 0 Å². The first-order chi connectivity index (χ1) is 9.45. The number of benzene rings is 1. The Balaban J connectivity index is 2.66. The van der Waals surface area contributed by atoms with E-state index in [-0.39, 0.29) is 9.64 Å². The third-order valence-corrected chi connectivity index (χ3v) is 6.16. The standard InChI is InChI=1S/C14H18BrN2O2S/c1-2-20(18,19)17(9-3-4-12(10-16)11-17)14-7-5-13(15)6-8-14/h3-8,11H,2,9-10,16H2,1H3/q+1. The van der Waals surface area contributed by atoms with Gasteiger partial charge in [0.05, 0.1) is 5.75 Å². The number of hydrogen-bond donors (Lipinski definition) is 1. The molecule has 0 bridgehead atoms. The fourth-order valence-electron chi connectivity index (χ4n) is 2.30. The molecule has 1 atom stereocenters. The lowest BCUT2D eigenvalue weighted by atomic mass is 10.2. The van der Waals surface area contributed by atoms with Crippen LogP contribution < -0.4 is 9.62 Å². The molecule has 0 fully saturated rings. The summed E-state index contributed by atoms with van der Waals surface area (Å²) < 4.78 is 26.1. The number of quaternary nitrogens is 1. The summed E-state index contributed by atoms with van der Waals surface area (Å²) in [5.41, 5.74) is 7.24. The van der Waals surface area contributed by atoms with Crippen LogP contribution in [-0.2, 0) is 10.0 Å². The lowest BCUT2D eigenvalue weighted by Gasteiger charge is -2.34. The Bertz CT molecular complexity index is 650. The maximum Gasteiger partial charge on any atom is 0.306 e. The molecule has 0 aliphatic carbocycles. The zero-order valence-electron chi connectivity index (χ0n) is 11.3. The highest BCUT2D eigenvalue weighted by Crippen LogP contribution is 2.33. The summed E-state index contributed by atoms with van der Waals surface area (Å²) in [5.74, 6) is 0.0747. The molecule has 0 radical (unpaired) electrons. The van der Waals surface area contributed by atoms with Gasteiger partial charge in [0.15, 0.2) is 5.69 Å². The van der Waals surface area contributed by atoms with Gasteiger partial charge < -0.3 is 5.73 Å². The molecule has 2 N–H and O–H groups in total. The molecule has 1 heterocycles. The Morgan fingerprint density at radius 3 is 2.50 bits per heavy atom. The van der Waals surface area contributed by atoms with Gasteiger partial charge in [0.2, 0.25) is 0 Å². The molecule has 108 valence electrons. The van der Waals surface area contributed by atoms with E-state index in [1.54, 1.807) is 13.1 Å². The maximum absolute atomic E-state index is 12.7. The fraction of sp³-hybridized carbons (Fsp3) is 0.286. The number of hydrogen-bond acceptors (Lipinski definition) is 3. The number of halogens is 1. The van der Waals surface area contributed by atoms with Gasteiger partial charge in [0.1, 0.15) is 12.7 Å². The third-order valence-electron chi connectivity index (χ3n) is 3.44. The Hall–Kier alpha value is -0.950. The molecule has 1 aliphatic rings. The minimum Gasteiger partial charge on any atom is -0.326 e. The first-order valence-corrected chi connectivity index (χ1v) is 8.80. The van der Waals surface area contributed by atoms with Crippen molar-refractivity contribution in [2.75, 3.05) is 18.8 Å². The van der Waals surface area contributed by atoms with Crippen molar-refractivity contribution >= 4 is 31.6 Å². The summed E-state index contributed by atoms with van der Waals surface area (Å²) in [6.45, 7) is 2.38. The van der Waals surface area contributed by atoms with E-state index >= 15 is 0 Å². The summed E-state index contributed by atoms with van der Waals surface area (Å²) in [5, 5.41) is 0. The predicted octanol–water partition coefficient (Wildman–Crippen LogP) is 2.52. The lowest BCUT2D eigenvalue weighted by molar-refractivity contribution is 0.511. The van der Waals surface area contributed by atoms with Crippen LogP contribution in [0.1, 0.15) is 6.92 Å². The molecule has 0 aromatic heterocycles. The monoisotopic (exact) mass is 357 g/mol. The predicted molar refractivity (Wildman–Crippen MR) is 86.5 cm³/mol. The molecule has 0 saturated heterocycles. The molecule has 0 spiro atoms. The van der Waals surface area contributed by atoms with Gasteiger partial charge in [-0.05, 0) is 25.1 Å². The molecule has 1 aliphatic heterocycles. The number of nitrogens with zero attached hydrogens (tertiary/aromatic N) is 1. The molecule has 1 aromatic rings. The largest absolute Gasteiger partial charge is 0.326 e. The molecule has 0 saturated carbocycles. The Labute approximate surface area is 128 Å². The number of rotatable bonds is 4. The van der Waals surface area contributed by atoms with E-state index in [1.807, 2.05) is 36.4 Å². The zero-order chi connectivity index (χ0) is 14.8. The summed E-state index contributed by atoms with van der Waals surface area (Å²) in [4.78, 5) is 0. The zero-order valence-corrected chi connectivity index (χ0v) is 13.7. The molecular weight excluding hydrogens is 340 g/mol. The third kappa shape index (κ3) is 2.61. The average Bonchev–Trinajstić information content (AvgIpc) is 2.47. The van der Waals surface area contributed by atoms with E-state index in [9.17, 15) is 8.42 Å². The van der Waals surface area contributed by atoms with Crippen molar-refractivity contribution < 1.29 is 8.42 Å². The summed E-state index contributed by atoms with van der Waals surface area (Å²) in [7, 11) is -3.35. The molecular formula is C14H18BrN2O2S+. The van der Waals surface area contributed by atoms with Crippen LogP contribution in [0.2, 0.25) is 0 Å². The second kappa shape index (κ2) is 5.81. The van der Waals surface area contributed by atoms with E-state index in [0.717, 1.165) is 15.7 Å². The highest BCUT2D eigenvalue weighted by molar-refractivity contribution is 9.10. The molecule has 2 rings (SSSR count). The Morgan fingerprint density at radius 2 is 1.95 bits per heavy atom. The van der Waals surface area contributed by atoms with Crippen molar-refractivity contribution in [2.45, 2.75) is 6.92 Å². The van der Waals surface area contributed by atoms with Crippen molar-refractivity contribution in [3.8, 4) is 0 Å². The molecule has 6 heteroatoms. The van der Waals surface area contributed by atoms with Crippen molar-refractivity contribution in [3.05, 3.63) is 52.7 Å². The molecule has 4 nitrogen and oxygen atoms in total. The van der Waals surface area contributed by atoms with Gasteiger partial charge in [0.25, 0.3) is 0 Å². The van der Waals surface area contributed by atoms with Crippen molar-refractivity contribution in [1.29, 1.82) is 0 Å². The van der Waals surface area contributed by atoms with Crippen LogP contribution in [0.15, 0.2) is 52.7 Å². The summed E-state index contributed by atoms with van der Waals surface area (Å²) in [6.07, 6.45) is 5.51. The van der Waals surface area contributed by atoms with Crippen LogP contribution in [0.5, 0.6) is 0 Å². The fourth-order valence-corrected chi connectivity index (χ4v) is 4.08. The SMILES string of the molecule is CCS(=O)(=O)[N+]1(c2ccc(Br)cc2)C=C(CN)C=CC1. The van der Waals surface area contributed by atoms with Gasteiger partial charge in [0, 0.05) is 28.7 Å². The minimum absolute atomic E-state index is 0.0747. The van der Waals surface area contributed by atoms with Gasteiger partial charge in [-0.3, -0.25) is 0 Å². The number of sulfonamides is 1. The van der Waals surface area contributed by atoms with Crippen LogP contribution >= 0.6 is 15.9 Å². The van der Waals surface area contributed by atoms with Gasteiger partial charge in [-0.2, -0.15) is 12.3 Å². The van der Waals surface area contributed by atoms with E-state index in [0.29, 0.717) is 13.1 Å². The van der Waals surface area contributed by atoms with Crippen LogP contribution in [0.4, 0.5) is 5.69 Å². The first kappa shape index (κ1) is 15.4. The summed E-state index contributed by atoms with van der Waals surface area (Å²) >= 11 is 3.37. The average molecular weight is 358 g/mol. The molecule has 1 unspecified atom stereocenters. The van der Waals surface area contributed by atoms with Crippen molar-refractivity contribution in [3.63, 3.8) is 0 Å². The van der Waals surface area contributed by atoms with Gasteiger partial charge in [-0.25, -0.2) is 0 Å². The summed E-state index contributed by atoms with van der Waals surface area (Å²) in [6, 6.07) is 7.38. The maximum atomic E-state index is 12.7. The van der Waals surface area contributed by atoms with Crippen molar-refractivity contribution in [2.24, 2.45) is 5.73 Å². The quantitative estimate of drug-likeness (QED) is 0.842.